The first kappa shape index (κ1) is 13.9. The third-order valence-corrected chi connectivity index (χ3v) is 3.41. The normalized spacial score (nSPS) is 20.2. The maximum atomic E-state index is 9.65. The summed E-state index contributed by atoms with van der Waals surface area (Å²) in [6, 6.07) is 0. The first-order chi connectivity index (χ1) is 7.68. The molecule has 0 aromatic rings. The molecule has 3 heteroatoms. The fraction of sp³-hybridized carbons (Fsp3) is 1.00. The van der Waals surface area contributed by atoms with Crippen molar-refractivity contribution < 1.29 is 5.11 Å². The summed E-state index contributed by atoms with van der Waals surface area (Å²) in [4.78, 5) is 2.02. The van der Waals surface area contributed by atoms with Gasteiger partial charge in [-0.1, -0.05) is 32.1 Å². The van der Waals surface area contributed by atoms with Crippen molar-refractivity contribution in [3.63, 3.8) is 0 Å². The molecule has 0 amide bonds. The van der Waals surface area contributed by atoms with Crippen LogP contribution < -0.4 is 5.32 Å². The van der Waals surface area contributed by atoms with Gasteiger partial charge in [0.2, 0.25) is 0 Å². The maximum Gasteiger partial charge on any atom is 0.0791 e. The fourth-order valence-electron chi connectivity index (χ4n) is 2.54. The third-order valence-electron chi connectivity index (χ3n) is 3.41. The SMILES string of the molecule is CN(C)CC(O)CNCCC1CCCCC1. The minimum absolute atomic E-state index is 0.235. The minimum atomic E-state index is -0.235. The van der Waals surface area contributed by atoms with E-state index in [1.807, 2.05) is 19.0 Å². The molecule has 1 fully saturated rings. The highest BCUT2D eigenvalue weighted by Gasteiger charge is 2.12. The Bertz CT molecular complexity index is 167. The van der Waals surface area contributed by atoms with Gasteiger partial charge in [0, 0.05) is 13.1 Å². The molecule has 1 saturated carbocycles. The van der Waals surface area contributed by atoms with Crippen LogP contribution in [0.5, 0.6) is 0 Å². The Balaban J connectivity index is 1.94. The highest BCUT2D eigenvalue weighted by atomic mass is 16.3. The summed E-state index contributed by atoms with van der Waals surface area (Å²) in [6.45, 7) is 2.54. The summed E-state index contributed by atoms with van der Waals surface area (Å²) in [5.74, 6) is 0.937. The molecule has 1 rings (SSSR count). The smallest absolute Gasteiger partial charge is 0.0791 e. The van der Waals surface area contributed by atoms with E-state index in [4.69, 9.17) is 0 Å². The predicted octanol–water partition coefficient (Wildman–Crippen LogP) is 1.47. The van der Waals surface area contributed by atoms with Crippen LogP contribution in [0.15, 0.2) is 0 Å². The van der Waals surface area contributed by atoms with Crippen LogP contribution in [0.3, 0.4) is 0 Å². The van der Waals surface area contributed by atoms with Crippen LogP contribution in [0.2, 0.25) is 0 Å². The second kappa shape index (κ2) is 8.04. The van der Waals surface area contributed by atoms with Crippen molar-refractivity contribution in [2.75, 3.05) is 33.7 Å². The van der Waals surface area contributed by atoms with E-state index in [0.717, 1.165) is 25.6 Å². The number of hydrogen-bond acceptors (Lipinski definition) is 3. The third kappa shape index (κ3) is 6.46. The number of aliphatic hydroxyl groups is 1. The number of rotatable bonds is 7. The number of nitrogens with one attached hydrogen (secondary N) is 1. The monoisotopic (exact) mass is 228 g/mol. The molecule has 2 N–H and O–H groups in total. The molecular weight excluding hydrogens is 200 g/mol. The van der Waals surface area contributed by atoms with Crippen LogP contribution in [0.25, 0.3) is 0 Å². The number of aliphatic hydroxyl groups excluding tert-OH is 1. The molecule has 96 valence electrons. The number of nitrogens with zero attached hydrogens (tertiary/aromatic N) is 1. The molecule has 1 atom stereocenters. The van der Waals surface area contributed by atoms with Crippen LogP contribution in [-0.2, 0) is 0 Å². The summed E-state index contributed by atoms with van der Waals surface area (Å²) in [5, 5.41) is 13.0. The van der Waals surface area contributed by atoms with Crippen molar-refractivity contribution in [3.8, 4) is 0 Å². The van der Waals surface area contributed by atoms with Gasteiger partial charge in [-0.15, -0.1) is 0 Å². The van der Waals surface area contributed by atoms with E-state index in [9.17, 15) is 5.11 Å². The molecule has 0 heterocycles. The Kier molecular flexibility index (Phi) is 7.01. The second-order valence-corrected chi connectivity index (χ2v) is 5.41. The van der Waals surface area contributed by atoms with Crippen LogP contribution in [-0.4, -0.2) is 49.8 Å². The quantitative estimate of drug-likeness (QED) is 0.648. The van der Waals surface area contributed by atoms with Crippen LogP contribution in [0.4, 0.5) is 0 Å². The van der Waals surface area contributed by atoms with Crippen molar-refractivity contribution in [1.29, 1.82) is 0 Å². The van der Waals surface area contributed by atoms with Gasteiger partial charge in [-0.3, -0.25) is 0 Å². The largest absolute Gasteiger partial charge is 0.390 e. The zero-order chi connectivity index (χ0) is 11.8. The molecule has 0 bridgehead atoms. The molecule has 3 nitrogen and oxygen atoms in total. The highest BCUT2D eigenvalue weighted by Crippen LogP contribution is 2.25. The Morgan fingerprint density at radius 3 is 2.56 bits per heavy atom. The lowest BCUT2D eigenvalue weighted by molar-refractivity contribution is 0.134. The molecule has 0 saturated heterocycles. The summed E-state index contributed by atoms with van der Waals surface area (Å²) < 4.78 is 0. The van der Waals surface area contributed by atoms with E-state index in [1.165, 1.54) is 38.5 Å². The van der Waals surface area contributed by atoms with Gasteiger partial charge in [0.15, 0.2) is 0 Å². The summed E-state index contributed by atoms with van der Waals surface area (Å²) in [6.07, 6.45) is 8.17. The number of hydrogen-bond donors (Lipinski definition) is 2. The van der Waals surface area contributed by atoms with Crippen LogP contribution in [0, 0.1) is 5.92 Å². The topological polar surface area (TPSA) is 35.5 Å². The van der Waals surface area contributed by atoms with Crippen molar-refractivity contribution in [1.82, 2.24) is 10.2 Å². The van der Waals surface area contributed by atoms with Gasteiger partial charge in [0.1, 0.15) is 0 Å². The molecule has 1 aliphatic carbocycles. The summed E-state index contributed by atoms with van der Waals surface area (Å²) >= 11 is 0. The van der Waals surface area contributed by atoms with Gasteiger partial charge in [0.25, 0.3) is 0 Å². The minimum Gasteiger partial charge on any atom is -0.390 e. The maximum absolute atomic E-state index is 9.65. The molecule has 0 aromatic carbocycles. The van der Waals surface area contributed by atoms with E-state index in [2.05, 4.69) is 5.32 Å². The zero-order valence-electron chi connectivity index (χ0n) is 10.9. The molecular formula is C13H28N2O. The lowest BCUT2D eigenvalue weighted by Crippen LogP contribution is -2.35. The first-order valence-corrected chi connectivity index (χ1v) is 6.72. The van der Waals surface area contributed by atoms with E-state index in [1.54, 1.807) is 0 Å². The Hall–Kier alpha value is -0.120. The Morgan fingerprint density at radius 2 is 1.94 bits per heavy atom. The predicted molar refractivity (Wildman–Crippen MR) is 68.6 cm³/mol. The van der Waals surface area contributed by atoms with E-state index < -0.39 is 0 Å². The average Bonchev–Trinajstić information content (AvgIpc) is 2.25. The van der Waals surface area contributed by atoms with Gasteiger partial charge in [0.05, 0.1) is 6.10 Å². The van der Waals surface area contributed by atoms with Crippen LogP contribution in [0.1, 0.15) is 38.5 Å². The lowest BCUT2D eigenvalue weighted by atomic mass is 9.87. The van der Waals surface area contributed by atoms with Gasteiger partial charge >= 0.3 is 0 Å². The molecule has 0 spiro atoms. The molecule has 1 unspecified atom stereocenters. The second-order valence-electron chi connectivity index (χ2n) is 5.41. The fourth-order valence-corrected chi connectivity index (χ4v) is 2.54. The molecule has 0 radical (unpaired) electrons. The summed E-state index contributed by atoms with van der Waals surface area (Å²) in [7, 11) is 3.98. The van der Waals surface area contributed by atoms with Gasteiger partial charge in [-0.05, 0) is 33.0 Å². The lowest BCUT2D eigenvalue weighted by Gasteiger charge is -2.22. The summed E-state index contributed by atoms with van der Waals surface area (Å²) in [5.41, 5.74) is 0. The molecule has 0 aromatic heterocycles. The molecule has 16 heavy (non-hydrogen) atoms. The molecule has 0 aliphatic heterocycles. The van der Waals surface area contributed by atoms with E-state index in [0.29, 0.717) is 0 Å². The Morgan fingerprint density at radius 1 is 1.25 bits per heavy atom. The molecule has 1 aliphatic rings. The first-order valence-electron chi connectivity index (χ1n) is 6.72. The Labute approximate surface area is 100 Å². The standard InChI is InChI=1S/C13H28N2O/c1-15(2)11-13(16)10-14-9-8-12-6-4-3-5-7-12/h12-14,16H,3-11H2,1-2H3. The number of likely N-dealkylation sites (N-methyl/N-ethyl adjacent to an activating group) is 1. The zero-order valence-corrected chi connectivity index (χ0v) is 10.9. The van der Waals surface area contributed by atoms with Crippen molar-refractivity contribution in [2.24, 2.45) is 5.92 Å². The van der Waals surface area contributed by atoms with Crippen molar-refractivity contribution in [2.45, 2.75) is 44.6 Å². The average molecular weight is 228 g/mol. The van der Waals surface area contributed by atoms with Gasteiger partial charge in [-0.25, -0.2) is 0 Å². The highest BCUT2D eigenvalue weighted by molar-refractivity contribution is 4.68. The van der Waals surface area contributed by atoms with Crippen LogP contribution >= 0.6 is 0 Å². The van der Waals surface area contributed by atoms with Crippen molar-refractivity contribution >= 4 is 0 Å². The van der Waals surface area contributed by atoms with Crippen molar-refractivity contribution in [3.05, 3.63) is 0 Å². The van der Waals surface area contributed by atoms with E-state index in [-0.39, 0.29) is 6.10 Å². The van der Waals surface area contributed by atoms with Gasteiger partial charge in [-0.2, -0.15) is 0 Å². The van der Waals surface area contributed by atoms with E-state index >= 15 is 0 Å². The van der Waals surface area contributed by atoms with Gasteiger partial charge < -0.3 is 15.3 Å².